The van der Waals surface area contributed by atoms with Gasteiger partial charge in [0.1, 0.15) is 11.7 Å². The molecule has 2 aromatic rings. The molecular weight excluding hydrogens is 284 g/mol. The van der Waals surface area contributed by atoms with Gasteiger partial charge in [0, 0.05) is 25.1 Å². The SMILES string of the molecule is O=C(O)[C@H]1CCCCN1C(=O)c1cc(-n2cccn2)ccn1. The summed E-state index contributed by atoms with van der Waals surface area (Å²) in [5.41, 5.74) is 0.952. The molecule has 22 heavy (non-hydrogen) atoms. The summed E-state index contributed by atoms with van der Waals surface area (Å²) in [6.45, 7) is 0.448. The first-order valence-corrected chi connectivity index (χ1v) is 7.16. The van der Waals surface area contributed by atoms with E-state index in [1.165, 1.54) is 11.1 Å². The Morgan fingerprint density at radius 3 is 2.86 bits per heavy atom. The normalized spacial score (nSPS) is 18.2. The van der Waals surface area contributed by atoms with E-state index in [4.69, 9.17) is 0 Å². The molecule has 1 N–H and O–H groups in total. The Morgan fingerprint density at radius 1 is 1.27 bits per heavy atom. The maximum atomic E-state index is 12.6. The van der Waals surface area contributed by atoms with Crippen LogP contribution in [0.25, 0.3) is 5.69 Å². The maximum absolute atomic E-state index is 12.6. The second-order valence-corrected chi connectivity index (χ2v) is 5.20. The summed E-state index contributed by atoms with van der Waals surface area (Å²) in [5, 5.41) is 13.4. The van der Waals surface area contributed by atoms with Gasteiger partial charge in [-0.1, -0.05) is 0 Å². The van der Waals surface area contributed by atoms with Crippen LogP contribution >= 0.6 is 0 Å². The van der Waals surface area contributed by atoms with Crippen molar-refractivity contribution in [2.75, 3.05) is 6.54 Å². The third-order valence-electron chi connectivity index (χ3n) is 3.78. The number of nitrogens with zero attached hydrogens (tertiary/aromatic N) is 4. The number of hydrogen-bond acceptors (Lipinski definition) is 4. The third kappa shape index (κ3) is 2.69. The highest BCUT2D eigenvalue weighted by molar-refractivity contribution is 5.95. The quantitative estimate of drug-likeness (QED) is 0.924. The zero-order valence-corrected chi connectivity index (χ0v) is 11.9. The van der Waals surface area contributed by atoms with Crippen LogP contribution in [0.3, 0.4) is 0 Å². The third-order valence-corrected chi connectivity index (χ3v) is 3.78. The van der Waals surface area contributed by atoms with Gasteiger partial charge < -0.3 is 10.0 Å². The largest absolute Gasteiger partial charge is 0.480 e. The Labute approximate surface area is 127 Å². The van der Waals surface area contributed by atoms with E-state index in [-0.39, 0.29) is 11.6 Å². The van der Waals surface area contributed by atoms with Crippen molar-refractivity contribution in [1.29, 1.82) is 0 Å². The summed E-state index contributed by atoms with van der Waals surface area (Å²) < 4.78 is 1.63. The molecule has 1 aliphatic rings. The number of piperidine rings is 1. The Kier molecular flexibility index (Phi) is 3.86. The Morgan fingerprint density at radius 2 is 2.14 bits per heavy atom. The average molecular weight is 300 g/mol. The second kappa shape index (κ2) is 5.97. The predicted molar refractivity (Wildman–Crippen MR) is 77.7 cm³/mol. The topological polar surface area (TPSA) is 88.3 Å². The van der Waals surface area contributed by atoms with Crippen molar-refractivity contribution in [3.8, 4) is 5.69 Å². The minimum Gasteiger partial charge on any atom is -0.480 e. The summed E-state index contributed by atoms with van der Waals surface area (Å²) in [7, 11) is 0. The van der Waals surface area contributed by atoms with Gasteiger partial charge in [-0.25, -0.2) is 9.48 Å². The highest BCUT2D eigenvalue weighted by Crippen LogP contribution is 2.20. The summed E-state index contributed by atoms with van der Waals surface area (Å²) in [6.07, 6.45) is 7.07. The molecule has 1 fully saturated rings. The predicted octanol–water partition coefficient (Wildman–Crippen LogP) is 1.35. The van der Waals surface area contributed by atoms with Crippen molar-refractivity contribution in [3.05, 3.63) is 42.5 Å². The number of rotatable bonds is 3. The molecule has 0 spiro atoms. The lowest BCUT2D eigenvalue weighted by atomic mass is 10.0. The molecular formula is C15H16N4O3. The number of carbonyl (C=O) groups is 2. The zero-order chi connectivity index (χ0) is 15.5. The van der Waals surface area contributed by atoms with Gasteiger partial charge in [0.05, 0.1) is 5.69 Å². The molecule has 0 aliphatic carbocycles. The van der Waals surface area contributed by atoms with E-state index >= 15 is 0 Å². The Bertz CT molecular complexity index is 684. The summed E-state index contributed by atoms with van der Waals surface area (Å²) in [4.78, 5) is 29.4. The van der Waals surface area contributed by atoms with Crippen molar-refractivity contribution in [1.82, 2.24) is 19.7 Å². The summed E-state index contributed by atoms with van der Waals surface area (Å²) >= 11 is 0. The highest BCUT2D eigenvalue weighted by Gasteiger charge is 2.33. The molecule has 1 atom stereocenters. The minimum absolute atomic E-state index is 0.237. The minimum atomic E-state index is -0.962. The van der Waals surface area contributed by atoms with Crippen LogP contribution in [0.15, 0.2) is 36.8 Å². The number of hydrogen-bond donors (Lipinski definition) is 1. The van der Waals surface area contributed by atoms with Crippen LogP contribution in [0.4, 0.5) is 0 Å². The fraction of sp³-hybridized carbons (Fsp3) is 0.333. The molecule has 2 aromatic heterocycles. The standard InChI is InChI=1S/C15H16N4O3/c20-14(18-8-2-1-4-13(18)15(21)22)12-10-11(5-7-16-12)19-9-3-6-17-19/h3,5-7,9-10,13H,1-2,4,8H2,(H,21,22)/t13-/m1/s1. The first-order valence-electron chi connectivity index (χ1n) is 7.16. The lowest BCUT2D eigenvalue weighted by Gasteiger charge is -2.32. The van der Waals surface area contributed by atoms with Crippen LogP contribution in [-0.2, 0) is 4.79 Å². The lowest BCUT2D eigenvalue weighted by Crippen LogP contribution is -2.48. The lowest BCUT2D eigenvalue weighted by molar-refractivity contribution is -0.143. The van der Waals surface area contributed by atoms with Crippen LogP contribution < -0.4 is 0 Å². The fourth-order valence-electron chi connectivity index (χ4n) is 2.68. The number of pyridine rings is 1. The molecule has 0 saturated carbocycles. The van der Waals surface area contributed by atoms with Crippen LogP contribution in [0.1, 0.15) is 29.8 Å². The second-order valence-electron chi connectivity index (χ2n) is 5.20. The van der Waals surface area contributed by atoms with E-state index in [1.807, 2.05) is 0 Å². The van der Waals surface area contributed by atoms with E-state index in [0.717, 1.165) is 12.8 Å². The molecule has 0 aromatic carbocycles. The first-order chi connectivity index (χ1) is 10.7. The van der Waals surface area contributed by atoms with E-state index in [0.29, 0.717) is 18.7 Å². The number of carboxylic acids is 1. The monoisotopic (exact) mass is 300 g/mol. The molecule has 1 amide bonds. The van der Waals surface area contributed by atoms with Gasteiger partial charge in [-0.2, -0.15) is 5.10 Å². The maximum Gasteiger partial charge on any atom is 0.326 e. The van der Waals surface area contributed by atoms with E-state index < -0.39 is 12.0 Å². The number of likely N-dealkylation sites (tertiary alicyclic amines) is 1. The van der Waals surface area contributed by atoms with Crippen LogP contribution in [0.2, 0.25) is 0 Å². The Hall–Kier alpha value is -2.70. The molecule has 3 heterocycles. The molecule has 3 rings (SSSR count). The van der Waals surface area contributed by atoms with E-state index in [2.05, 4.69) is 10.1 Å². The van der Waals surface area contributed by atoms with Crippen molar-refractivity contribution in [2.24, 2.45) is 0 Å². The molecule has 0 unspecified atom stereocenters. The van der Waals surface area contributed by atoms with Gasteiger partial charge in [0.15, 0.2) is 0 Å². The van der Waals surface area contributed by atoms with Crippen molar-refractivity contribution in [2.45, 2.75) is 25.3 Å². The van der Waals surface area contributed by atoms with Crippen molar-refractivity contribution in [3.63, 3.8) is 0 Å². The molecule has 114 valence electrons. The molecule has 1 saturated heterocycles. The van der Waals surface area contributed by atoms with Gasteiger partial charge in [-0.3, -0.25) is 9.78 Å². The van der Waals surface area contributed by atoms with Gasteiger partial charge in [-0.15, -0.1) is 0 Å². The Balaban J connectivity index is 1.88. The number of carbonyl (C=O) groups excluding carboxylic acids is 1. The smallest absolute Gasteiger partial charge is 0.326 e. The molecule has 1 aliphatic heterocycles. The van der Waals surface area contributed by atoms with Crippen molar-refractivity contribution >= 4 is 11.9 Å². The van der Waals surface area contributed by atoms with Gasteiger partial charge in [-0.05, 0) is 37.5 Å². The summed E-state index contributed by atoms with van der Waals surface area (Å²) in [6, 6.07) is 4.39. The molecule has 0 radical (unpaired) electrons. The van der Waals surface area contributed by atoms with Gasteiger partial charge >= 0.3 is 5.97 Å². The van der Waals surface area contributed by atoms with Crippen molar-refractivity contribution < 1.29 is 14.7 Å². The number of amides is 1. The van der Waals surface area contributed by atoms with Crippen LogP contribution in [-0.4, -0.2) is 49.2 Å². The average Bonchev–Trinajstić information content (AvgIpc) is 3.09. The van der Waals surface area contributed by atoms with Gasteiger partial charge in [0.2, 0.25) is 0 Å². The number of aromatic nitrogens is 3. The molecule has 7 nitrogen and oxygen atoms in total. The zero-order valence-electron chi connectivity index (χ0n) is 11.9. The molecule has 7 heteroatoms. The van der Waals surface area contributed by atoms with E-state index in [1.54, 1.807) is 35.3 Å². The number of carboxylic acid groups (broad SMARTS) is 1. The summed E-state index contributed by atoms with van der Waals surface area (Å²) in [5.74, 6) is -1.31. The molecule has 0 bridgehead atoms. The van der Waals surface area contributed by atoms with E-state index in [9.17, 15) is 14.7 Å². The van der Waals surface area contributed by atoms with Crippen LogP contribution in [0.5, 0.6) is 0 Å². The first kappa shape index (κ1) is 14.2. The van der Waals surface area contributed by atoms with Crippen LogP contribution in [0, 0.1) is 0 Å². The highest BCUT2D eigenvalue weighted by atomic mass is 16.4. The van der Waals surface area contributed by atoms with Gasteiger partial charge in [0.25, 0.3) is 5.91 Å². The fourth-order valence-corrected chi connectivity index (χ4v) is 2.68. The number of aliphatic carboxylic acids is 1.